The molecule has 1 fully saturated rings. The summed E-state index contributed by atoms with van der Waals surface area (Å²) < 4.78 is 5.87. The highest BCUT2D eigenvalue weighted by Crippen LogP contribution is 2.19. The second-order valence-corrected chi connectivity index (χ2v) is 6.12. The van der Waals surface area contributed by atoms with E-state index < -0.39 is 0 Å². The molecule has 1 aliphatic heterocycles. The summed E-state index contributed by atoms with van der Waals surface area (Å²) in [5.74, 6) is 3.16. The fourth-order valence-electron chi connectivity index (χ4n) is 2.17. The fourth-order valence-corrected chi connectivity index (χ4v) is 3.11. The highest BCUT2D eigenvalue weighted by atomic mass is 32.2. The van der Waals surface area contributed by atoms with Crippen molar-refractivity contribution in [3.05, 3.63) is 0 Å². The summed E-state index contributed by atoms with van der Waals surface area (Å²) in [6, 6.07) is 0.566. The minimum atomic E-state index is 0.436. The SMILES string of the molecule is CCNC(CCCC(C)C)C1CSCCO1. The van der Waals surface area contributed by atoms with Gasteiger partial charge in [-0.3, -0.25) is 0 Å². The maximum Gasteiger partial charge on any atom is 0.0818 e. The van der Waals surface area contributed by atoms with Gasteiger partial charge in [-0.05, 0) is 18.9 Å². The summed E-state index contributed by atoms with van der Waals surface area (Å²) in [6.07, 6.45) is 4.35. The molecule has 0 amide bonds. The molecular weight excluding hydrogens is 218 g/mol. The number of nitrogens with one attached hydrogen (secondary N) is 1. The van der Waals surface area contributed by atoms with Crippen LogP contribution in [0.15, 0.2) is 0 Å². The number of likely N-dealkylation sites (N-methyl/N-ethyl adjacent to an activating group) is 1. The van der Waals surface area contributed by atoms with Crippen LogP contribution in [-0.4, -0.2) is 36.8 Å². The van der Waals surface area contributed by atoms with E-state index >= 15 is 0 Å². The zero-order valence-corrected chi connectivity index (χ0v) is 11.8. The zero-order valence-electron chi connectivity index (χ0n) is 11.0. The molecule has 3 heteroatoms. The van der Waals surface area contributed by atoms with Gasteiger partial charge < -0.3 is 10.1 Å². The number of hydrogen-bond donors (Lipinski definition) is 1. The topological polar surface area (TPSA) is 21.3 Å². The second-order valence-electron chi connectivity index (χ2n) is 4.97. The van der Waals surface area contributed by atoms with Crippen LogP contribution in [0.5, 0.6) is 0 Å². The Hall–Kier alpha value is 0.270. The Labute approximate surface area is 105 Å². The van der Waals surface area contributed by atoms with Crippen molar-refractivity contribution >= 4 is 11.8 Å². The van der Waals surface area contributed by atoms with Crippen molar-refractivity contribution in [2.45, 2.75) is 52.2 Å². The third kappa shape index (κ3) is 5.55. The molecule has 1 heterocycles. The maximum atomic E-state index is 5.87. The molecule has 0 saturated carbocycles. The molecule has 2 atom stereocenters. The lowest BCUT2D eigenvalue weighted by Gasteiger charge is -2.31. The molecule has 0 spiro atoms. The average Bonchev–Trinajstić information content (AvgIpc) is 2.29. The van der Waals surface area contributed by atoms with Crippen LogP contribution in [0.3, 0.4) is 0 Å². The van der Waals surface area contributed by atoms with Gasteiger partial charge in [0.15, 0.2) is 0 Å². The quantitative estimate of drug-likeness (QED) is 0.745. The molecule has 0 aromatic heterocycles. The smallest absolute Gasteiger partial charge is 0.0818 e. The average molecular weight is 245 g/mol. The first-order valence-corrected chi connectivity index (χ1v) is 7.82. The van der Waals surface area contributed by atoms with Gasteiger partial charge in [0, 0.05) is 17.5 Å². The van der Waals surface area contributed by atoms with Crippen LogP contribution in [0.1, 0.15) is 40.0 Å². The van der Waals surface area contributed by atoms with Crippen LogP contribution in [0, 0.1) is 5.92 Å². The molecule has 0 aromatic rings. The zero-order chi connectivity index (χ0) is 11.8. The van der Waals surface area contributed by atoms with Crippen molar-refractivity contribution in [2.75, 3.05) is 24.7 Å². The summed E-state index contributed by atoms with van der Waals surface area (Å²) in [5, 5.41) is 3.59. The van der Waals surface area contributed by atoms with Crippen molar-refractivity contribution < 1.29 is 4.74 Å². The summed E-state index contributed by atoms with van der Waals surface area (Å²) in [7, 11) is 0. The number of ether oxygens (including phenoxy) is 1. The Morgan fingerprint density at radius 1 is 1.38 bits per heavy atom. The lowest BCUT2D eigenvalue weighted by atomic mass is 10.0. The predicted octanol–water partition coefficient (Wildman–Crippen LogP) is 2.92. The number of rotatable bonds is 7. The molecule has 0 aliphatic carbocycles. The van der Waals surface area contributed by atoms with Crippen LogP contribution < -0.4 is 5.32 Å². The van der Waals surface area contributed by atoms with Crippen LogP contribution in [0.2, 0.25) is 0 Å². The van der Waals surface area contributed by atoms with E-state index in [1.807, 2.05) is 11.8 Å². The van der Waals surface area contributed by atoms with Gasteiger partial charge in [-0.1, -0.05) is 33.6 Å². The van der Waals surface area contributed by atoms with Crippen molar-refractivity contribution in [3.63, 3.8) is 0 Å². The standard InChI is InChI=1S/C13H27NOS/c1-4-14-12(7-5-6-11(2)3)13-10-16-9-8-15-13/h11-14H,4-10H2,1-3H3. The third-order valence-electron chi connectivity index (χ3n) is 3.05. The van der Waals surface area contributed by atoms with Gasteiger partial charge in [0.2, 0.25) is 0 Å². The van der Waals surface area contributed by atoms with Crippen LogP contribution >= 0.6 is 11.8 Å². The van der Waals surface area contributed by atoms with Crippen molar-refractivity contribution in [1.82, 2.24) is 5.32 Å². The third-order valence-corrected chi connectivity index (χ3v) is 4.07. The predicted molar refractivity (Wildman–Crippen MR) is 73.2 cm³/mol. The van der Waals surface area contributed by atoms with Gasteiger partial charge in [-0.25, -0.2) is 0 Å². The molecule has 16 heavy (non-hydrogen) atoms. The lowest BCUT2D eigenvalue weighted by Crippen LogP contribution is -2.44. The van der Waals surface area contributed by atoms with E-state index in [0.717, 1.165) is 19.1 Å². The van der Waals surface area contributed by atoms with Crippen molar-refractivity contribution in [2.24, 2.45) is 5.92 Å². The first-order valence-electron chi connectivity index (χ1n) is 6.66. The van der Waals surface area contributed by atoms with Crippen LogP contribution in [0.4, 0.5) is 0 Å². The summed E-state index contributed by atoms with van der Waals surface area (Å²) in [4.78, 5) is 0. The number of thioether (sulfide) groups is 1. The Bertz CT molecular complexity index is 169. The molecule has 96 valence electrons. The van der Waals surface area contributed by atoms with E-state index in [1.54, 1.807) is 0 Å². The molecule has 0 radical (unpaired) electrons. The van der Waals surface area contributed by atoms with Crippen molar-refractivity contribution in [3.8, 4) is 0 Å². The lowest BCUT2D eigenvalue weighted by molar-refractivity contribution is 0.0443. The molecule has 1 aliphatic rings. The highest BCUT2D eigenvalue weighted by molar-refractivity contribution is 7.99. The van der Waals surface area contributed by atoms with Crippen molar-refractivity contribution in [1.29, 1.82) is 0 Å². The van der Waals surface area contributed by atoms with Gasteiger partial charge in [-0.2, -0.15) is 11.8 Å². The molecule has 0 bridgehead atoms. The fraction of sp³-hybridized carbons (Fsp3) is 1.00. The van der Waals surface area contributed by atoms with E-state index in [4.69, 9.17) is 4.74 Å². The van der Waals surface area contributed by atoms with Crippen LogP contribution in [-0.2, 0) is 4.74 Å². The molecule has 2 unspecified atom stereocenters. The Balaban J connectivity index is 2.27. The summed E-state index contributed by atoms with van der Waals surface area (Å²) in [5.41, 5.74) is 0. The van der Waals surface area contributed by atoms with Gasteiger partial charge in [-0.15, -0.1) is 0 Å². The Morgan fingerprint density at radius 2 is 2.19 bits per heavy atom. The molecular formula is C13H27NOS. The highest BCUT2D eigenvalue weighted by Gasteiger charge is 2.23. The maximum absolute atomic E-state index is 5.87. The van der Waals surface area contributed by atoms with Gasteiger partial charge in [0.1, 0.15) is 0 Å². The van der Waals surface area contributed by atoms with E-state index in [-0.39, 0.29) is 0 Å². The minimum absolute atomic E-state index is 0.436. The largest absolute Gasteiger partial charge is 0.375 e. The van der Waals surface area contributed by atoms with Gasteiger partial charge in [0.05, 0.1) is 12.7 Å². The molecule has 2 nitrogen and oxygen atoms in total. The molecule has 1 N–H and O–H groups in total. The first-order chi connectivity index (χ1) is 7.74. The molecule has 1 rings (SSSR count). The molecule has 1 saturated heterocycles. The van der Waals surface area contributed by atoms with Crippen LogP contribution in [0.25, 0.3) is 0 Å². The van der Waals surface area contributed by atoms with E-state index in [1.165, 1.54) is 30.8 Å². The Kier molecular flexibility index (Phi) is 7.50. The summed E-state index contributed by atoms with van der Waals surface area (Å²) in [6.45, 7) is 8.77. The van der Waals surface area contributed by atoms with E-state index in [0.29, 0.717) is 12.1 Å². The van der Waals surface area contributed by atoms with E-state index in [9.17, 15) is 0 Å². The monoisotopic (exact) mass is 245 g/mol. The van der Waals surface area contributed by atoms with E-state index in [2.05, 4.69) is 26.1 Å². The minimum Gasteiger partial charge on any atom is -0.375 e. The summed E-state index contributed by atoms with van der Waals surface area (Å²) >= 11 is 2.03. The second kappa shape index (κ2) is 8.37. The Morgan fingerprint density at radius 3 is 2.75 bits per heavy atom. The molecule has 0 aromatic carbocycles. The first kappa shape index (κ1) is 14.3. The van der Waals surface area contributed by atoms with Gasteiger partial charge in [0.25, 0.3) is 0 Å². The number of hydrogen-bond acceptors (Lipinski definition) is 3. The normalized spacial score (nSPS) is 23.6. The van der Waals surface area contributed by atoms with Gasteiger partial charge >= 0.3 is 0 Å².